The molecule has 2 heterocycles. The highest BCUT2D eigenvalue weighted by atomic mass is 32.2. The molecule has 0 aromatic carbocycles. The fraction of sp³-hybridized carbons (Fsp3) is 1.00. The standard InChI is InChI=1S/C24H46O10S/c1-2-3-4-5-6-7-8-9-10-11-12-35-24-21(31)19(29)22(16(14-26)33-24)34-23-20(30)18(28)17(27)15(13-25)32-23/h15-31H,2-14H2,1H3/t15?,16?,17-,18+,19-,20?,21?,22-,23-,24+/m1/s1. The van der Waals surface area contributed by atoms with Crippen molar-refractivity contribution in [3.8, 4) is 0 Å². The van der Waals surface area contributed by atoms with Crippen LogP contribution in [0.1, 0.15) is 71.1 Å². The minimum Gasteiger partial charge on any atom is -0.394 e. The van der Waals surface area contributed by atoms with Crippen molar-refractivity contribution in [2.45, 2.75) is 132 Å². The van der Waals surface area contributed by atoms with Crippen LogP contribution in [0.25, 0.3) is 0 Å². The third-order valence-electron chi connectivity index (χ3n) is 6.74. The Morgan fingerprint density at radius 3 is 1.77 bits per heavy atom. The molecule has 2 aliphatic rings. The summed E-state index contributed by atoms with van der Waals surface area (Å²) in [6.07, 6.45) is -0.352. The highest BCUT2D eigenvalue weighted by Crippen LogP contribution is 2.33. The van der Waals surface area contributed by atoms with E-state index in [1.54, 1.807) is 0 Å². The first kappa shape index (κ1) is 31.2. The Morgan fingerprint density at radius 1 is 0.629 bits per heavy atom. The molecule has 0 aliphatic carbocycles. The van der Waals surface area contributed by atoms with E-state index in [2.05, 4.69) is 6.92 Å². The molecule has 0 saturated carbocycles. The van der Waals surface area contributed by atoms with Gasteiger partial charge in [0, 0.05) is 0 Å². The minimum absolute atomic E-state index is 0.513. The van der Waals surface area contributed by atoms with Crippen molar-refractivity contribution < 1.29 is 50.0 Å². The predicted molar refractivity (Wildman–Crippen MR) is 131 cm³/mol. The van der Waals surface area contributed by atoms with E-state index in [0.717, 1.165) is 18.6 Å². The maximum absolute atomic E-state index is 10.7. The van der Waals surface area contributed by atoms with Crippen LogP contribution in [-0.2, 0) is 14.2 Å². The summed E-state index contributed by atoms with van der Waals surface area (Å²) < 4.78 is 16.7. The molecule has 2 saturated heterocycles. The highest BCUT2D eigenvalue weighted by molar-refractivity contribution is 7.99. The molecule has 0 bridgehead atoms. The van der Waals surface area contributed by atoms with Gasteiger partial charge < -0.3 is 50.0 Å². The fourth-order valence-electron chi connectivity index (χ4n) is 4.48. The molecule has 7 N–H and O–H groups in total. The zero-order chi connectivity index (χ0) is 25.8. The monoisotopic (exact) mass is 526 g/mol. The molecule has 0 aromatic heterocycles. The summed E-state index contributed by atoms with van der Waals surface area (Å²) in [5.74, 6) is 0.737. The Morgan fingerprint density at radius 2 is 1.20 bits per heavy atom. The van der Waals surface area contributed by atoms with Gasteiger partial charge in [0.1, 0.15) is 54.3 Å². The Bertz CT molecular complexity index is 554. The Hall–Kier alpha value is -0.0500. The zero-order valence-electron chi connectivity index (χ0n) is 20.7. The maximum Gasteiger partial charge on any atom is 0.187 e. The van der Waals surface area contributed by atoms with Crippen LogP contribution in [0, 0.1) is 0 Å². The number of hydrogen-bond donors (Lipinski definition) is 7. The van der Waals surface area contributed by atoms with Crippen LogP contribution in [0.3, 0.4) is 0 Å². The van der Waals surface area contributed by atoms with E-state index in [1.807, 2.05) is 0 Å². The second-order valence-electron chi connectivity index (χ2n) is 9.56. The fourth-order valence-corrected chi connectivity index (χ4v) is 5.66. The molecule has 2 rings (SSSR count). The van der Waals surface area contributed by atoms with Crippen LogP contribution >= 0.6 is 11.8 Å². The SMILES string of the molecule is CCCCCCCCCCCCS[C@@H]1OC(CO)[C@@H](O[C@H]2OC(CO)[C@@H](O)[C@H](O)C2O)[C@H](O)C1O. The summed E-state index contributed by atoms with van der Waals surface area (Å²) in [5.41, 5.74) is -0.754. The number of ether oxygens (including phenoxy) is 3. The summed E-state index contributed by atoms with van der Waals surface area (Å²) in [6.45, 7) is 1.08. The lowest BCUT2D eigenvalue weighted by molar-refractivity contribution is -0.338. The first-order chi connectivity index (χ1) is 16.8. The lowest BCUT2D eigenvalue weighted by Gasteiger charge is -2.46. The van der Waals surface area contributed by atoms with E-state index in [4.69, 9.17) is 14.2 Å². The van der Waals surface area contributed by atoms with Crippen molar-refractivity contribution in [3.63, 3.8) is 0 Å². The van der Waals surface area contributed by atoms with Crippen molar-refractivity contribution in [2.24, 2.45) is 0 Å². The lowest BCUT2D eigenvalue weighted by atomic mass is 9.97. The van der Waals surface area contributed by atoms with Crippen molar-refractivity contribution >= 4 is 11.8 Å². The van der Waals surface area contributed by atoms with Crippen molar-refractivity contribution in [3.05, 3.63) is 0 Å². The minimum atomic E-state index is -1.67. The topological polar surface area (TPSA) is 169 Å². The van der Waals surface area contributed by atoms with Gasteiger partial charge in [0.05, 0.1) is 13.2 Å². The Labute approximate surface area is 212 Å². The largest absolute Gasteiger partial charge is 0.394 e. The molecule has 10 nitrogen and oxygen atoms in total. The molecule has 0 radical (unpaired) electrons. The van der Waals surface area contributed by atoms with E-state index in [-0.39, 0.29) is 0 Å². The van der Waals surface area contributed by atoms with Gasteiger partial charge in [-0.05, 0) is 12.2 Å². The number of aliphatic hydroxyl groups excluding tert-OH is 7. The molecule has 4 unspecified atom stereocenters. The lowest BCUT2D eigenvalue weighted by Crippen LogP contribution is -2.64. The molecule has 0 aromatic rings. The molecule has 0 spiro atoms. The average molecular weight is 527 g/mol. The van der Waals surface area contributed by atoms with Gasteiger partial charge in [-0.1, -0.05) is 64.7 Å². The number of unbranched alkanes of at least 4 members (excludes halogenated alkanes) is 9. The van der Waals surface area contributed by atoms with Gasteiger partial charge in [0.25, 0.3) is 0 Å². The van der Waals surface area contributed by atoms with Gasteiger partial charge in [0.15, 0.2) is 6.29 Å². The zero-order valence-corrected chi connectivity index (χ0v) is 21.5. The molecule has 0 amide bonds. The number of thioether (sulfide) groups is 1. The second-order valence-corrected chi connectivity index (χ2v) is 10.8. The van der Waals surface area contributed by atoms with Crippen LogP contribution in [0.4, 0.5) is 0 Å². The summed E-state index contributed by atoms with van der Waals surface area (Å²) in [5, 5.41) is 70.4. The first-order valence-corrected chi connectivity index (χ1v) is 14.1. The summed E-state index contributed by atoms with van der Waals surface area (Å²) in [7, 11) is 0. The van der Waals surface area contributed by atoms with E-state index in [0.29, 0.717) is 0 Å². The Kier molecular flexibility index (Phi) is 14.9. The van der Waals surface area contributed by atoms with E-state index in [9.17, 15) is 35.7 Å². The van der Waals surface area contributed by atoms with Gasteiger partial charge in [0.2, 0.25) is 0 Å². The molecular weight excluding hydrogens is 480 g/mol. The molecule has 2 aliphatic heterocycles. The van der Waals surface area contributed by atoms with Crippen LogP contribution < -0.4 is 0 Å². The molecular formula is C24H46O10S. The highest BCUT2D eigenvalue weighted by Gasteiger charge is 2.50. The van der Waals surface area contributed by atoms with Gasteiger partial charge >= 0.3 is 0 Å². The van der Waals surface area contributed by atoms with Crippen molar-refractivity contribution in [2.75, 3.05) is 19.0 Å². The molecule has 2 fully saturated rings. The predicted octanol–water partition coefficient (Wildman–Crippen LogP) is 0.265. The van der Waals surface area contributed by atoms with Gasteiger partial charge in [-0.2, -0.15) is 0 Å². The Balaban J connectivity index is 1.74. The number of rotatable bonds is 16. The van der Waals surface area contributed by atoms with Crippen LogP contribution in [0.5, 0.6) is 0 Å². The van der Waals surface area contributed by atoms with Crippen LogP contribution in [0.2, 0.25) is 0 Å². The average Bonchev–Trinajstić information content (AvgIpc) is 2.86. The van der Waals surface area contributed by atoms with Gasteiger partial charge in [-0.25, -0.2) is 0 Å². The first-order valence-electron chi connectivity index (χ1n) is 13.1. The van der Waals surface area contributed by atoms with E-state index in [1.165, 1.54) is 63.1 Å². The third kappa shape index (κ3) is 9.33. The summed E-state index contributed by atoms with van der Waals surface area (Å²) in [6, 6.07) is 0. The smallest absolute Gasteiger partial charge is 0.187 e. The van der Waals surface area contributed by atoms with Crippen LogP contribution in [-0.4, -0.2) is 115 Å². The van der Waals surface area contributed by atoms with E-state index < -0.39 is 73.8 Å². The van der Waals surface area contributed by atoms with Gasteiger partial charge in [-0.3, -0.25) is 0 Å². The second kappa shape index (κ2) is 16.7. The van der Waals surface area contributed by atoms with E-state index >= 15 is 0 Å². The van der Waals surface area contributed by atoms with Crippen molar-refractivity contribution in [1.82, 2.24) is 0 Å². The normalized spacial score (nSPS) is 38.1. The summed E-state index contributed by atoms with van der Waals surface area (Å²) >= 11 is 1.37. The maximum atomic E-state index is 10.7. The third-order valence-corrected chi connectivity index (χ3v) is 7.98. The number of hydrogen-bond acceptors (Lipinski definition) is 11. The number of aliphatic hydroxyl groups is 7. The van der Waals surface area contributed by atoms with Crippen molar-refractivity contribution in [1.29, 1.82) is 0 Å². The molecule has 35 heavy (non-hydrogen) atoms. The molecule has 208 valence electrons. The van der Waals surface area contributed by atoms with Gasteiger partial charge in [-0.15, -0.1) is 11.8 Å². The molecule has 10 atom stereocenters. The molecule has 11 heteroatoms. The quantitative estimate of drug-likeness (QED) is 0.138. The van der Waals surface area contributed by atoms with Crippen LogP contribution in [0.15, 0.2) is 0 Å². The summed E-state index contributed by atoms with van der Waals surface area (Å²) in [4.78, 5) is 0.